The number of anilines is 1. The van der Waals surface area contributed by atoms with Gasteiger partial charge in [-0.2, -0.15) is 18.3 Å². The van der Waals surface area contributed by atoms with Crippen LogP contribution in [0, 0.1) is 27.7 Å². The van der Waals surface area contributed by atoms with Crippen molar-refractivity contribution < 1.29 is 18.0 Å². The highest BCUT2D eigenvalue weighted by atomic mass is 19.4. The highest BCUT2D eigenvalue weighted by Crippen LogP contribution is 2.34. The molecular formula is C25H22F3N5O. The average molecular weight is 465 g/mol. The van der Waals surface area contributed by atoms with Gasteiger partial charge in [0.2, 0.25) is 0 Å². The zero-order valence-electron chi connectivity index (χ0n) is 19.2. The fourth-order valence-electron chi connectivity index (χ4n) is 4.51. The first-order valence-electron chi connectivity index (χ1n) is 10.9. The maximum absolute atomic E-state index is 13.2. The minimum atomic E-state index is -4.51. The molecule has 4 heterocycles. The van der Waals surface area contributed by atoms with Gasteiger partial charge in [-0.3, -0.25) is 9.48 Å². The first kappa shape index (κ1) is 22.1. The molecule has 0 spiro atoms. The average Bonchev–Trinajstić information content (AvgIpc) is 3.16. The summed E-state index contributed by atoms with van der Waals surface area (Å²) in [5.41, 5.74) is 5.71. The van der Waals surface area contributed by atoms with Crippen LogP contribution >= 0.6 is 0 Å². The molecule has 0 saturated carbocycles. The zero-order valence-corrected chi connectivity index (χ0v) is 19.2. The van der Waals surface area contributed by atoms with Crippen LogP contribution in [-0.2, 0) is 12.7 Å². The number of rotatable bonds is 2. The van der Waals surface area contributed by atoms with Gasteiger partial charge >= 0.3 is 6.18 Å². The maximum atomic E-state index is 13.2. The lowest BCUT2D eigenvalue weighted by atomic mass is 9.99. The van der Waals surface area contributed by atoms with E-state index in [1.54, 1.807) is 34.8 Å². The van der Waals surface area contributed by atoms with Crippen molar-refractivity contribution in [2.45, 2.75) is 40.4 Å². The SMILES string of the molecule is Cc1cc(N2CCn3ncc(C)c3C2=O)c(C)cc1-c1ccc2nc(C(F)(F)F)cc(C)c2n1. The number of hydrogen-bond donors (Lipinski definition) is 0. The first-order valence-corrected chi connectivity index (χ1v) is 10.9. The van der Waals surface area contributed by atoms with E-state index in [4.69, 9.17) is 0 Å². The highest BCUT2D eigenvalue weighted by Gasteiger charge is 2.33. The van der Waals surface area contributed by atoms with Crippen LogP contribution in [0.5, 0.6) is 0 Å². The normalized spacial score (nSPS) is 14.1. The number of benzene rings is 1. The van der Waals surface area contributed by atoms with E-state index < -0.39 is 11.9 Å². The summed E-state index contributed by atoms with van der Waals surface area (Å²) in [6, 6.07) is 8.21. The van der Waals surface area contributed by atoms with Crippen molar-refractivity contribution in [3.63, 3.8) is 0 Å². The molecule has 1 aromatic carbocycles. The van der Waals surface area contributed by atoms with Crippen molar-refractivity contribution in [2.24, 2.45) is 0 Å². The summed E-state index contributed by atoms with van der Waals surface area (Å²) >= 11 is 0. The zero-order chi connectivity index (χ0) is 24.4. The van der Waals surface area contributed by atoms with Crippen LogP contribution in [0.2, 0.25) is 0 Å². The van der Waals surface area contributed by atoms with Gasteiger partial charge in [-0.05, 0) is 74.7 Å². The molecule has 5 rings (SSSR count). The van der Waals surface area contributed by atoms with Crippen molar-refractivity contribution in [1.29, 1.82) is 0 Å². The number of nitrogens with zero attached hydrogens (tertiary/aromatic N) is 5. The van der Waals surface area contributed by atoms with Crippen LogP contribution < -0.4 is 4.90 Å². The molecule has 1 amide bonds. The van der Waals surface area contributed by atoms with Crippen LogP contribution in [0.15, 0.2) is 36.5 Å². The smallest absolute Gasteiger partial charge is 0.305 e. The molecule has 0 atom stereocenters. The lowest BCUT2D eigenvalue weighted by molar-refractivity contribution is -0.141. The number of carbonyl (C=O) groups is 1. The number of hydrogen-bond acceptors (Lipinski definition) is 4. The minimum absolute atomic E-state index is 0.0810. The summed E-state index contributed by atoms with van der Waals surface area (Å²) in [4.78, 5) is 23.3. The Labute approximate surface area is 194 Å². The largest absolute Gasteiger partial charge is 0.433 e. The van der Waals surface area contributed by atoms with Crippen molar-refractivity contribution in [1.82, 2.24) is 19.7 Å². The van der Waals surface area contributed by atoms with E-state index in [9.17, 15) is 18.0 Å². The highest BCUT2D eigenvalue weighted by molar-refractivity contribution is 6.07. The van der Waals surface area contributed by atoms with Gasteiger partial charge < -0.3 is 4.90 Å². The van der Waals surface area contributed by atoms with E-state index in [1.165, 1.54) is 0 Å². The molecule has 0 N–H and O–H groups in total. The van der Waals surface area contributed by atoms with Crippen molar-refractivity contribution in [3.8, 4) is 11.3 Å². The second-order valence-electron chi connectivity index (χ2n) is 8.70. The molecule has 0 radical (unpaired) electrons. The standard InChI is InChI=1S/C25H22F3N5O/c1-13-10-20(32-7-8-33-23(24(32)34)16(4)12-29-33)14(2)9-17(13)18-5-6-19-22(31-18)15(3)11-21(30-19)25(26,27)28/h5-6,9-12H,7-8H2,1-4H3. The Morgan fingerprint density at radius 3 is 2.38 bits per heavy atom. The summed E-state index contributed by atoms with van der Waals surface area (Å²) in [5.74, 6) is -0.0810. The summed E-state index contributed by atoms with van der Waals surface area (Å²) < 4.78 is 41.1. The molecule has 1 aliphatic heterocycles. The molecule has 9 heteroatoms. The number of amides is 1. The lowest BCUT2D eigenvalue weighted by Crippen LogP contribution is -2.41. The molecule has 0 saturated heterocycles. The van der Waals surface area contributed by atoms with Gasteiger partial charge in [0.25, 0.3) is 5.91 Å². The Balaban J connectivity index is 1.55. The van der Waals surface area contributed by atoms with Gasteiger partial charge in [0.1, 0.15) is 11.4 Å². The second kappa shape index (κ2) is 7.65. The third kappa shape index (κ3) is 3.52. The van der Waals surface area contributed by atoms with E-state index in [-0.39, 0.29) is 11.4 Å². The van der Waals surface area contributed by atoms with E-state index in [0.29, 0.717) is 35.6 Å². The predicted molar refractivity (Wildman–Crippen MR) is 123 cm³/mol. The minimum Gasteiger partial charge on any atom is -0.305 e. The number of halogens is 3. The Bertz CT molecular complexity index is 1470. The summed E-state index contributed by atoms with van der Waals surface area (Å²) in [5, 5.41) is 4.27. The fourth-order valence-corrected chi connectivity index (χ4v) is 4.51. The van der Waals surface area contributed by atoms with Crippen molar-refractivity contribution in [3.05, 3.63) is 70.2 Å². The van der Waals surface area contributed by atoms with Crippen LogP contribution in [0.25, 0.3) is 22.3 Å². The van der Waals surface area contributed by atoms with Gasteiger partial charge in [-0.1, -0.05) is 0 Å². The van der Waals surface area contributed by atoms with Gasteiger partial charge in [-0.15, -0.1) is 0 Å². The fraction of sp³-hybridized carbons (Fsp3) is 0.280. The van der Waals surface area contributed by atoms with Crippen LogP contribution in [0.1, 0.15) is 38.4 Å². The van der Waals surface area contributed by atoms with Crippen LogP contribution in [-0.4, -0.2) is 32.2 Å². The van der Waals surface area contributed by atoms with Gasteiger partial charge in [0, 0.05) is 23.4 Å². The third-order valence-corrected chi connectivity index (χ3v) is 6.25. The second-order valence-corrected chi connectivity index (χ2v) is 8.70. The number of aromatic nitrogens is 4. The Morgan fingerprint density at radius 1 is 0.882 bits per heavy atom. The van der Waals surface area contributed by atoms with Gasteiger partial charge in [0.15, 0.2) is 0 Å². The molecule has 0 unspecified atom stereocenters. The summed E-state index contributed by atoms with van der Waals surface area (Å²) in [7, 11) is 0. The van der Waals surface area contributed by atoms with Gasteiger partial charge in [-0.25, -0.2) is 9.97 Å². The summed E-state index contributed by atoms with van der Waals surface area (Å²) in [6.07, 6.45) is -2.80. The van der Waals surface area contributed by atoms with E-state index in [1.807, 2.05) is 32.9 Å². The molecule has 4 aromatic rings. The number of pyridine rings is 2. The molecule has 0 fully saturated rings. The first-order chi connectivity index (χ1) is 16.0. The maximum Gasteiger partial charge on any atom is 0.433 e. The Hall–Kier alpha value is -3.75. The molecule has 1 aliphatic rings. The molecule has 34 heavy (non-hydrogen) atoms. The molecule has 3 aromatic heterocycles. The van der Waals surface area contributed by atoms with E-state index in [2.05, 4.69) is 15.1 Å². The number of fused-ring (bicyclic) bond motifs is 2. The Morgan fingerprint density at radius 2 is 1.65 bits per heavy atom. The van der Waals surface area contributed by atoms with Crippen LogP contribution in [0.3, 0.4) is 0 Å². The van der Waals surface area contributed by atoms with E-state index in [0.717, 1.165) is 34.0 Å². The molecule has 0 aliphatic carbocycles. The number of carbonyl (C=O) groups excluding carboxylic acids is 1. The number of alkyl halides is 3. The molecule has 6 nitrogen and oxygen atoms in total. The third-order valence-electron chi connectivity index (χ3n) is 6.25. The monoisotopic (exact) mass is 465 g/mol. The number of aryl methyl sites for hydroxylation is 4. The Kier molecular flexibility index (Phi) is 4.96. The van der Waals surface area contributed by atoms with Crippen molar-refractivity contribution in [2.75, 3.05) is 11.4 Å². The predicted octanol–water partition coefficient (Wildman–Crippen LogP) is 5.41. The van der Waals surface area contributed by atoms with Crippen molar-refractivity contribution >= 4 is 22.6 Å². The molecular weight excluding hydrogens is 443 g/mol. The topological polar surface area (TPSA) is 63.9 Å². The molecule has 174 valence electrons. The lowest BCUT2D eigenvalue weighted by Gasteiger charge is -2.30. The molecule has 0 bridgehead atoms. The van der Waals surface area contributed by atoms with E-state index >= 15 is 0 Å². The quantitative estimate of drug-likeness (QED) is 0.397. The van der Waals surface area contributed by atoms with Crippen LogP contribution in [0.4, 0.5) is 18.9 Å². The summed E-state index contributed by atoms with van der Waals surface area (Å²) in [6.45, 7) is 8.49. The van der Waals surface area contributed by atoms with Gasteiger partial charge in [0.05, 0.1) is 29.5 Å².